The Bertz CT molecular complexity index is 482. The van der Waals surface area contributed by atoms with Crippen LogP contribution in [-0.2, 0) is 6.54 Å². The van der Waals surface area contributed by atoms with E-state index in [4.69, 9.17) is 4.42 Å². The summed E-state index contributed by atoms with van der Waals surface area (Å²) in [4.78, 5) is 0. The van der Waals surface area contributed by atoms with E-state index in [0.29, 0.717) is 0 Å². The van der Waals surface area contributed by atoms with E-state index >= 15 is 0 Å². The van der Waals surface area contributed by atoms with Gasteiger partial charge in [0.15, 0.2) is 0 Å². The van der Waals surface area contributed by atoms with Gasteiger partial charge in [-0.25, -0.2) is 0 Å². The smallest absolute Gasteiger partial charge is 0.135 e. The van der Waals surface area contributed by atoms with Crippen molar-refractivity contribution in [2.45, 2.75) is 6.54 Å². The summed E-state index contributed by atoms with van der Waals surface area (Å²) in [6.07, 6.45) is 4.02. The molecule has 0 saturated carbocycles. The highest BCUT2D eigenvalue weighted by Gasteiger charge is 2.12. The van der Waals surface area contributed by atoms with Gasteiger partial charge in [0.25, 0.3) is 0 Å². The molecule has 1 N–H and O–H groups in total. The minimum Gasteiger partial charge on any atom is -0.459 e. The summed E-state index contributed by atoms with van der Waals surface area (Å²) in [5, 5.41) is 4.33. The highest BCUT2D eigenvalue weighted by molar-refractivity contribution is 5.88. The van der Waals surface area contributed by atoms with Gasteiger partial charge in [0, 0.05) is 10.9 Å². The van der Waals surface area contributed by atoms with Crippen molar-refractivity contribution in [1.82, 2.24) is 5.32 Å². The summed E-state index contributed by atoms with van der Waals surface area (Å²) >= 11 is 0. The number of fused-ring (bicyclic) bond motifs is 3. The van der Waals surface area contributed by atoms with Crippen LogP contribution in [0.3, 0.4) is 0 Å². The molecule has 1 aromatic carbocycles. The lowest BCUT2D eigenvalue weighted by atomic mass is 10.1. The van der Waals surface area contributed by atoms with E-state index in [1.54, 1.807) is 0 Å². The summed E-state index contributed by atoms with van der Waals surface area (Å²) in [7, 11) is 0. The Kier molecular flexibility index (Phi) is 1.25. The Morgan fingerprint density at radius 3 is 3.15 bits per heavy atom. The Balaban J connectivity index is 2.42. The highest BCUT2D eigenvalue weighted by Crippen LogP contribution is 2.28. The second-order valence-corrected chi connectivity index (χ2v) is 3.15. The highest BCUT2D eigenvalue weighted by atomic mass is 16.3. The molecule has 0 bridgehead atoms. The molecule has 1 aromatic heterocycles. The molecule has 0 aliphatic carbocycles. The van der Waals surface area contributed by atoms with Crippen LogP contribution in [0.2, 0.25) is 0 Å². The molecule has 0 unspecified atom stereocenters. The minimum absolute atomic E-state index is 0.792. The van der Waals surface area contributed by atoms with Gasteiger partial charge in [-0.2, -0.15) is 0 Å². The first-order chi connectivity index (χ1) is 6.45. The third-order valence-electron chi connectivity index (χ3n) is 2.34. The average Bonchev–Trinajstić information content (AvgIpc) is 2.56. The van der Waals surface area contributed by atoms with Crippen LogP contribution in [0.4, 0.5) is 0 Å². The number of nitrogens with one attached hydrogen (secondary N) is 1. The molecular weight excluding hydrogens is 162 g/mol. The van der Waals surface area contributed by atoms with Crippen LogP contribution < -0.4 is 5.32 Å². The van der Waals surface area contributed by atoms with Gasteiger partial charge >= 0.3 is 0 Å². The summed E-state index contributed by atoms with van der Waals surface area (Å²) in [5.41, 5.74) is 2.19. The number of furan rings is 1. The van der Waals surface area contributed by atoms with Crippen LogP contribution in [0.25, 0.3) is 17.0 Å². The van der Waals surface area contributed by atoms with Crippen molar-refractivity contribution < 1.29 is 4.42 Å². The average molecular weight is 171 g/mol. The molecule has 13 heavy (non-hydrogen) atoms. The fraction of sp³-hybridized carbons (Fsp3) is 0.0909. The number of hydrogen-bond donors (Lipinski definition) is 1. The predicted octanol–water partition coefficient (Wildman–Crippen LogP) is 2.51. The van der Waals surface area contributed by atoms with E-state index in [2.05, 4.69) is 17.5 Å². The Hall–Kier alpha value is -1.70. The zero-order valence-electron chi connectivity index (χ0n) is 7.08. The van der Waals surface area contributed by atoms with E-state index < -0.39 is 0 Å². The lowest BCUT2D eigenvalue weighted by molar-refractivity contribution is 0.532. The van der Waals surface area contributed by atoms with E-state index in [1.165, 1.54) is 10.9 Å². The molecule has 0 amide bonds. The number of rotatable bonds is 0. The predicted molar refractivity (Wildman–Crippen MR) is 52.1 cm³/mol. The Morgan fingerprint density at radius 1 is 1.23 bits per heavy atom. The van der Waals surface area contributed by atoms with Gasteiger partial charge in [0.1, 0.15) is 11.3 Å². The maximum absolute atomic E-state index is 5.68. The molecule has 0 radical (unpaired) electrons. The van der Waals surface area contributed by atoms with Crippen molar-refractivity contribution in [3.63, 3.8) is 0 Å². The largest absolute Gasteiger partial charge is 0.459 e. The van der Waals surface area contributed by atoms with Crippen LogP contribution in [-0.4, -0.2) is 0 Å². The van der Waals surface area contributed by atoms with Crippen LogP contribution in [0.5, 0.6) is 0 Å². The molecule has 0 spiro atoms. The Morgan fingerprint density at radius 2 is 2.15 bits per heavy atom. The molecule has 0 fully saturated rings. The maximum atomic E-state index is 5.68. The van der Waals surface area contributed by atoms with E-state index in [1.807, 2.05) is 24.4 Å². The summed E-state index contributed by atoms with van der Waals surface area (Å²) in [5.74, 6) is 1.03. The van der Waals surface area contributed by atoms with E-state index in [9.17, 15) is 0 Å². The zero-order valence-corrected chi connectivity index (χ0v) is 7.08. The second-order valence-electron chi connectivity index (χ2n) is 3.15. The molecule has 1 aliphatic heterocycles. The van der Waals surface area contributed by atoms with Gasteiger partial charge in [-0.3, -0.25) is 0 Å². The third-order valence-corrected chi connectivity index (χ3v) is 2.34. The molecule has 0 atom stereocenters. The van der Waals surface area contributed by atoms with Gasteiger partial charge in [-0.1, -0.05) is 18.2 Å². The first kappa shape index (κ1) is 6.78. The minimum atomic E-state index is 0.792. The molecule has 0 saturated heterocycles. The van der Waals surface area contributed by atoms with Crippen molar-refractivity contribution in [2.24, 2.45) is 0 Å². The molecule has 2 aromatic rings. The van der Waals surface area contributed by atoms with Gasteiger partial charge in [-0.05, 0) is 18.3 Å². The normalized spacial score (nSPS) is 14.2. The molecule has 2 heterocycles. The van der Waals surface area contributed by atoms with Crippen molar-refractivity contribution in [1.29, 1.82) is 0 Å². The standard InChI is InChI=1S/C11H9NO/c1-2-4-10-8(3-1)9-5-6-12-7-11(9)13-10/h1-6,12H,7H2. The quantitative estimate of drug-likeness (QED) is 0.658. The van der Waals surface area contributed by atoms with Crippen molar-refractivity contribution in [3.8, 4) is 0 Å². The fourth-order valence-electron chi connectivity index (χ4n) is 1.72. The van der Waals surface area contributed by atoms with Crippen molar-refractivity contribution >= 4 is 17.0 Å². The summed E-state index contributed by atoms with van der Waals surface area (Å²) in [6.45, 7) is 0.792. The van der Waals surface area contributed by atoms with Crippen molar-refractivity contribution in [3.05, 3.63) is 41.8 Å². The van der Waals surface area contributed by atoms with Gasteiger partial charge in [0.2, 0.25) is 0 Å². The molecule has 2 nitrogen and oxygen atoms in total. The van der Waals surface area contributed by atoms with E-state index in [-0.39, 0.29) is 0 Å². The van der Waals surface area contributed by atoms with Gasteiger partial charge in [0.05, 0.1) is 6.54 Å². The molecule has 3 rings (SSSR count). The van der Waals surface area contributed by atoms with Crippen LogP contribution in [0.1, 0.15) is 11.3 Å². The zero-order chi connectivity index (χ0) is 8.67. The lowest BCUT2D eigenvalue weighted by Gasteiger charge is -2.04. The molecule has 2 heteroatoms. The molecule has 1 aliphatic rings. The van der Waals surface area contributed by atoms with E-state index in [0.717, 1.165) is 17.9 Å². The first-order valence-electron chi connectivity index (χ1n) is 4.35. The number of hydrogen-bond acceptors (Lipinski definition) is 2. The summed E-state index contributed by atoms with van der Waals surface area (Å²) < 4.78 is 5.68. The monoisotopic (exact) mass is 171 g/mol. The number of benzene rings is 1. The summed E-state index contributed by atoms with van der Waals surface area (Å²) in [6, 6.07) is 8.12. The molecular formula is C11H9NO. The molecule has 64 valence electrons. The first-order valence-corrected chi connectivity index (χ1v) is 4.35. The van der Waals surface area contributed by atoms with Gasteiger partial charge in [-0.15, -0.1) is 0 Å². The SMILES string of the molecule is C1=Cc2c(oc3ccccc23)CN1. The fourth-order valence-corrected chi connectivity index (χ4v) is 1.72. The number of para-hydroxylation sites is 1. The van der Waals surface area contributed by atoms with Gasteiger partial charge < -0.3 is 9.73 Å². The Labute approximate surface area is 75.9 Å². The van der Waals surface area contributed by atoms with Crippen LogP contribution in [0, 0.1) is 0 Å². The topological polar surface area (TPSA) is 25.2 Å². The lowest BCUT2D eigenvalue weighted by Crippen LogP contribution is -2.07. The van der Waals surface area contributed by atoms with Crippen molar-refractivity contribution in [2.75, 3.05) is 0 Å². The maximum Gasteiger partial charge on any atom is 0.135 e. The second kappa shape index (κ2) is 2.39. The third kappa shape index (κ3) is 0.886. The van der Waals surface area contributed by atoms with Crippen LogP contribution >= 0.6 is 0 Å². The van der Waals surface area contributed by atoms with Crippen LogP contribution in [0.15, 0.2) is 34.9 Å².